The first-order valence-corrected chi connectivity index (χ1v) is 5.09. The summed E-state index contributed by atoms with van der Waals surface area (Å²) >= 11 is 0. The minimum Gasteiger partial charge on any atom is -0.507 e. The molecule has 2 atom stereocenters. The number of aromatic carboxylic acids is 1. The van der Waals surface area contributed by atoms with E-state index in [4.69, 9.17) is 10.8 Å². The lowest BCUT2D eigenvalue weighted by atomic mass is 9.99. The van der Waals surface area contributed by atoms with Crippen LogP contribution in [0.4, 0.5) is 0 Å². The van der Waals surface area contributed by atoms with E-state index in [1.807, 2.05) is 0 Å². The zero-order valence-corrected chi connectivity index (χ0v) is 9.08. The number of hydrogen-bond acceptors (Lipinski definition) is 5. The van der Waals surface area contributed by atoms with E-state index in [2.05, 4.69) is 0 Å². The molecule has 0 aliphatic heterocycles. The zero-order valence-electron chi connectivity index (χ0n) is 9.08. The van der Waals surface area contributed by atoms with Gasteiger partial charge in [-0.15, -0.1) is 0 Å². The van der Waals surface area contributed by atoms with Crippen LogP contribution in [0, 0.1) is 0 Å². The van der Waals surface area contributed by atoms with E-state index in [9.17, 15) is 20.1 Å². The second-order valence-electron chi connectivity index (χ2n) is 3.67. The van der Waals surface area contributed by atoms with Gasteiger partial charge in [0, 0.05) is 0 Å². The third kappa shape index (κ3) is 3.16. The fourth-order valence-electron chi connectivity index (χ4n) is 1.46. The van der Waals surface area contributed by atoms with Crippen LogP contribution in [0.25, 0.3) is 0 Å². The summed E-state index contributed by atoms with van der Waals surface area (Å²) in [6.45, 7) is 0.210. The Labute approximate surface area is 97.9 Å². The maximum atomic E-state index is 10.8. The van der Waals surface area contributed by atoms with Crippen molar-refractivity contribution >= 4 is 5.97 Å². The van der Waals surface area contributed by atoms with Crippen molar-refractivity contribution in [2.24, 2.45) is 5.73 Å². The van der Waals surface area contributed by atoms with Crippen LogP contribution in [-0.4, -0.2) is 39.0 Å². The minimum absolute atomic E-state index is 0.199. The molecule has 6 nitrogen and oxygen atoms in total. The van der Waals surface area contributed by atoms with Crippen molar-refractivity contribution < 1.29 is 25.2 Å². The van der Waals surface area contributed by atoms with Crippen molar-refractivity contribution in [1.82, 2.24) is 0 Å². The third-order valence-corrected chi connectivity index (χ3v) is 2.42. The summed E-state index contributed by atoms with van der Waals surface area (Å²) in [6.07, 6.45) is -2.09. The first-order chi connectivity index (χ1) is 7.97. The fourth-order valence-corrected chi connectivity index (χ4v) is 1.46. The summed E-state index contributed by atoms with van der Waals surface area (Å²) in [5.41, 5.74) is 5.15. The number of aliphatic hydroxyl groups excluding tert-OH is 2. The fraction of sp³-hybridized carbons (Fsp3) is 0.364. The van der Waals surface area contributed by atoms with Gasteiger partial charge in [0.15, 0.2) is 0 Å². The van der Waals surface area contributed by atoms with Gasteiger partial charge in [0.1, 0.15) is 17.4 Å². The first kappa shape index (κ1) is 13.4. The molecule has 0 bridgehead atoms. The van der Waals surface area contributed by atoms with Gasteiger partial charge in [0.25, 0.3) is 0 Å². The molecule has 0 saturated carbocycles. The first-order valence-electron chi connectivity index (χ1n) is 5.09. The molecular formula is C11H15NO5. The Morgan fingerprint density at radius 1 is 1.35 bits per heavy atom. The van der Waals surface area contributed by atoms with Crippen LogP contribution in [0.1, 0.15) is 28.4 Å². The predicted molar refractivity (Wildman–Crippen MR) is 59.7 cm³/mol. The highest BCUT2D eigenvalue weighted by Crippen LogP contribution is 2.25. The SMILES string of the molecule is NCCC(O)C(O)c1ccc(O)c(C(=O)O)c1. The van der Waals surface area contributed by atoms with Crippen LogP contribution >= 0.6 is 0 Å². The summed E-state index contributed by atoms with van der Waals surface area (Å²) in [5, 5.41) is 37.3. The Balaban J connectivity index is 2.99. The van der Waals surface area contributed by atoms with Crippen LogP contribution in [-0.2, 0) is 0 Å². The van der Waals surface area contributed by atoms with Crippen LogP contribution < -0.4 is 5.73 Å². The Morgan fingerprint density at radius 2 is 2.00 bits per heavy atom. The van der Waals surface area contributed by atoms with Crippen LogP contribution in [0.15, 0.2) is 18.2 Å². The average molecular weight is 241 g/mol. The van der Waals surface area contributed by atoms with Gasteiger partial charge < -0.3 is 26.2 Å². The summed E-state index contributed by atoms with van der Waals surface area (Å²) < 4.78 is 0. The van der Waals surface area contributed by atoms with Crippen molar-refractivity contribution in [3.05, 3.63) is 29.3 Å². The number of carbonyl (C=O) groups is 1. The summed E-state index contributed by atoms with van der Waals surface area (Å²) in [7, 11) is 0. The van der Waals surface area contributed by atoms with Crippen LogP contribution in [0.5, 0.6) is 5.75 Å². The van der Waals surface area contributed by atoms with Gasteiger partial charge in [-0.2, -0.15) is 0 Å². The highest BCUT2D eigenvalue weighted by Gasteiger charge is 2.20. The second kappa shape index (κ2) is 5.62. The Kier molecular flexibility index (Phi) is 4.45. The quantitative estimate of drug-likeness (QED) is 0.487. The molecule has 0 saturated heterocycles. The average Bonchev–Trinajstić information content (AvgIpc) is 2.28. The molecule has 0 aliphatic carbocycles. The van der Waals surface area contributed by atoms with Gasteiger partial charge in [-0.25, -0.2) is 4.79 Å². The van der Waals surface area contributed by atoms with Gasteiger partial charge in [-0.05, 0) is 30.7 Å². The number of phenols is 1. The zero-order chi connectivity index (χ0) is 13.0. The van der Waals surface area contributed by atoms with E-state index >= 15 is 0 Å². The monoisotopic (exact) mass is 241 g/mol. The number of nitrogens with two attached hydrogens (primary N) is 1. The summed E-state index contributed by atoms with van der Waals surface area (Å²) in [5.74, 6) is -1.69. The Morgan fingerprint density at radius 3 is 2.53 bits per heavy atom. The number of hydrogen-bond donors (Lipinski definition) is 5. The molecule has 17 heavy (non-hydrogen) atoms. The molecule has 0 spiro atoms. The molecule has 0 aliphatic rings. The lowest BCUT2D eigenvalue weighted by molar-refractivity contribution is 0.0149. The molecule has 0 fully saturated rings. The highest BCUT2D eigenvalue weighted by atomic mass is 16.4. The van der Waals surface area contributed by atoms with Gasteiger partial charge in [0.05, 0.1) is 6.10 Å². The lowest BCUT2D eigenvalue weighted by Crippen LogP contribution is -2.22. The van der Waals surface area contributed by atoms with Crippen molar-refractivity contribution in [2.75, 3.05) is 6.54 Å². The predicted octanol–water partition coefficient (Wildman–Crippen LogP) is -0.167. The van der Waals surface area contributed by atoms with E-state index in [1.165, 1.54) is 6.07 Å². The standard InChI is InChI=1S/C11H15NO5/c12-4-3-9(14)10(15)6-1-2-8(13)7(5-6)11(16)17/h1-2,5,9-10,13-15H,3-4,12H2,(H,16,17). The number of benzene rings is 1. The number of carboxylic acid groups (broad SMARTS) is 1. The second-order valence-corrected chi connectivity index (χ2v) is 3.67. The smallest absolute Gasteiger partial charge is 0.339 e. The normalized spacial score (nSPS) is 14.3. The molecule has 0 aromatic heterocycles. The highest BCUT2D eigenvalue weighted by molar-refractivity contribution is 5.90. The summed E-state index contributed by atoms with van der Waals surface area (Å²) in [6, 6.07) is 3.64. The van der Waals surface area contributed by atoms with E-state index in [-0.39, 0.29) is 29.8 Å². The topological polar surface area (TPSA) is 124 Å². The van der Waals surface area contributed by atoms with Crippen molar-refractivity contribution in [1.29, 1.82) is 0 Å². The molecule has 1 rings (SSSR count). The molecule has 94 valence electrons. The van der Waals surface area contributed by atoms with Gasteiger partial charge in [-0.1, -0.05) is 6.07 Å². The molecule has 2 unspecified atom stereocenters. The largest absolute Gasteiger partial charge is 0.507 e. The van der Waals surface area contributed by atoms with Crippen molar-refractivity contribution in [2.45, 2.75) is 18.6 Å². The number of aromatic hydroxyl groups is 1. The van der Waals surface area contributed by atoms with E-state index in [0.29, 0.717) is 0 Å². The van der Waals surface area contributed by atoms with Crippen LogP contribution in [0.3, 0.4) is 0 Å². The van der Waals surface area contributed by atoms with Crippen molar-refractivity contribution in [3.8, 4) is 5.75 Å². The molecular weight excluding hydrogens is 226 g/mol. The molecule has 6 heteroatoms. The van der Waals surface area contributed by atoms with E-state index < -0.39 is 18.2 Å². The maximum absolute atomic E-state index is 10.8. The number of aliphatic hydroxyl groups is 2. The van der Waals surface area contributed by atoms with Gasteiger partial charge in [0.2, 0.25) is 0 Å². The molecule has 1 aromatic rings. The van der Waals surface area contributed by atoms with E-state index in [0.717, 1.165) is 12.1 Å². The van der Waals surface area contributed by atoms with Crippen molar-refractivity contribution in [3.63, 3.8) is 0 Å². The summed E-state index contributed by atoms with van der Waals surface area (Å²) in [4.78, 5) is 10.8. The maximum Gasteiger partial charge on any atom is 0.339 e. The van der Waals surface area contributed by atoms with Gasteiger partial charge in [-0.3, -0.25) is 0 Å². The number of rotatable bonds is 5. The lowest BCUT2D eigenvalue weighted by Gasteiger charge is -2.18. The molecule has 0 heterocycles. The molecule has 1 aromatic carbocycles. The van der Waals surface area contributed by atoms with Gasteiger partial charge >= 0.3 is 5.97 Å². The number of carboxylic acids is 1. The van der Waals surface area contributed by atoms with E-state index in [1.54, 1.807) is 0 Å². The van der Waals surface area contributed by atoms with Crippen LogP contribution in [0.2, 0.25) is 0 Å². The molecule has 6 N–H and O–H groups in total. The Hall–Kier alpha value is -1.63. The molecule has 0 radical (unpaired) electrons. The third-order valence-electron chi connectivity index (χ3n) is 2.42. The minimum atomic E-state index is -1.30. The Bertz CT molecular complexity index is 407. The molecule has 0 amide bonds.